The zero-order chi connectivity index (χ0) is 13.8. The van der Waals surface area contributed by atoms with Crippen LogP contribution in [0.3, 0.4) is 0 Å². The van der Waals surface area contributed by atoms with Crippen molar-refractivity contribution >= 4 is 5.91 Å². The predicted molar refractivity (Wildman–Crippen MR) is 75.1 cm³/mol. The molecule has 2 saturated carbocycles. The maximum absolute atomic E-state index is 14.3. The highest BCUT2D eigenvalue weighted by molar-refractivity contribution is 5.86. The molecule has 4 rings (SSSR count). The third kappa shape index (κ3) is 1.99. The molecule has 4 aliphatic rings. The molecule has 1 unspecified atom stereocenters. The summed E-state index contributed by atoms with van der Waals surface area (Å²) in [4.78, 5) is 16.8. The molecule has 0 bridgehead atoms. The summed E-state index contributed by atoms with van der Waals surface area (Å²) < 4.78 is 14.3. The Labute approximate surface area is 120 Å². The lowest BCUT2D eigenvalue weighted by molar-refractivity contribution is -0.149. The molecule has 0 aromatic heterocycles. The van der Waals surface area contributed by atoms with Gasteiger partial charge in [-0.25, -0.2) is 4.39 Å². The summed E-state index contributed by atoms with van der Waals surface area (Å²) in [6, 6.07) is 0. The minimum absolute atomic E-state index is 0.193. The summed E-state index contributed by atoms with van der Waals surface area (Å²) in [6.45, 7) is 3.94. The van der Waals surface area contributed by atoms with E-state index < -0.39 is 5.67 Å². The van der Waals surface area contributed by atoms with Crippen molar-refractivity contribution in [3.05, 3.63) is 0 Å². The zero-order valence-electron chi connectivity index (χ0n) is 12.2. The molecule has 4 heteroatoms. The average Bonchev–Trinajstić information content (AvgIpc) is 2.99. The molecule has 20 heavy (non-hydrogen) atoms. The number of hydrogen-bond acceptors (Lipinski definition) is 2. The van der Waals surface area contributed by atoms with E-state index in [4.69, 9.17) is 0 Å². The molecule has 112 valence electrons. The van der Waals surface area contributed by atoms with Gasteiger partial charge in [0.25, 0.3) is 5.91 Å². The van der Waals surface area contributed by atoms with E-state index in [-0.39, 0.29) is 11.4 Å². The van der Waals surface area contributed by atoms with Crippen molar-refractivity contribution in [3.63, 3.8) is 0 Å². The Kier molecular flexibility index (Phi) is 2.89. The van der Waals surface area contributed by atoms with Gasteiger partial charge < -0.3 is 4.90 Å². The maximum Gasteiger partial charge on any atom is 0.260 e. The molecule has 2 heterocycles. The molecule has 2 aliphatic carbocycles. The van der Waals surface area contributed by atoms with Crippen LogP contribution in [0.15, 0.2) is 0 Å². The third-order valence-corrected chi connectivity index (χ3v) is 6.07. The average molecular weight is 280 g/mol. The van der Waals surface area contributed by atoms with Gasteiger partial charge in [-0.3, -0.25) is 9.69 Å². The molecule has 2 saturated heterocycles. The Morgan fingerprint density at radius 1 is 1.10 bits per heavy atom. The van der Waals surface area contributed by atoms with Crippen molar-refractivity contribution in [3.8, 4) is 0 Å². The second-order valence-corrected chi connectivity index (χ2v) is 7.51. The summed E-state index contributed by atoms with van der Waals surface area (Å²) in [5.74, 6) is 0.688. The van der Waals surface area contributed by atoms with Gasteiger partial charge in [0.05, 0.1) is 0 Å². The molecular formula is C16H25FN2O. The van der Waals surface area contributed by atoms with Crippen LogP contribution in [0.5, 0.6) is 0 Å². The number of amides is 1. The number of halogens is 1. The second-order valence-electron chi connectivity index (χ2n) is 7.51. The Bertz CT molecular complexity index is 419. The van der Waals surface area contributed by atoms with E-state index in [0.29, 0.717) is 12.8 Å². The quantitative estimate of drug-likeness (QED) is 0.792. The van der Waals surface area contributed by atoms with Crippen molar-refractivity contribution in [1.29, 1.82) is 0 Å². The van der Waals surface area contributed by atoms with Gasteiger partial charge in [-0.15, -0.1) is 0 Å². The first-order valence-corrected chi connectivity index (χ1v) is 8.35. The van der Waals surface area contributed by atoms with Gasteiger partial charge in [0, 0.05) is 25.2 Å². The largest absolute Gasteiger partial charge is 0.338 e. The summed E-state index contributed by atoms with van der Waals surface area (Å²) in [5.41, 5.74) is -1.32. The van der Waals surface area contributed by atoms with E-state index in [0.717, 1.165) is 31.8 Å². The Morgan fingerprint density at radius 3 is 2.55 bits per heavy atom. The summed E-state index contributed by atoms with van der Waals surface area (Å²) in [6.07, 6.45) is 8.02. The van der Waals surface area contributed by atoms with Crippen LogP contribution in [-0.2, 0) is 4.79 Å². The van der Waals surface area contributed by atoms with Gasteiger partial charge in [0.15, 0.2) is 5.67 Å². The number of carbonyl (C=O) groups excluding carboxylic acids is 1. The fourth-order valence-electron chi connectivity index (χ4n) is 4.37. The normalized spacial score (nSPS) is 36.5. The SMILES string of the molecule is O=C(N1CCC2(CCCN2CC2CC2)C1)C1(F)CCC1. The fourth-order valence-corrected chi connectivity index (χ4v) is 4.37. The van der Waals surface area contributed by atoms with Crippen molar-refractivity contribution in [2.24, 2.45) is 5.92 Å². The monoisotopic (exact) mass is 280 g/mol. The van der Waals surface area contributed by atoms with Crippen molar-refractivity contribution in [2.75, 3.05) is 26.2 Å². The molecule has 0 N–H and O–H groups in total. The van der Waals surface area contributed by atoms with Gasteiger partial charge >= 0.3 is 0 Å². The Balaban J connectivity index is 1.44. The lowest BCUT2D eigenvalue weighted by Gasteiger charge is -2.38. The number of hydrogen-bond donors (Lipinski definition) is 0. The molecule has 2 aliphatic heterocycles. The molecular weight excluding hydrogens is 255 g/mol. The zero-order valence-corrected chi connectivity index (χ0v) is 12.2. The Morgan fingerprint density at radius 2 is 1.90 bits per heavy atom. The Hall–Kier alpha value is -0.640. The van der Waals surface area contributed by atoms with E-state index in [2.05, 4.69) is 4.90 Å². The van der Waals surface area contributed by atoms with E-state index in [9.17, 15) is 9.18 Å². The molecule has 1 atom stereocenters. The van der Waals surface area contributed by atoms with Crippen LogP contribution in [-0.4, -0.2) is 53.1 Å². The van der Waals surface area contributed by atoms with E-state index in [1.54, 1.807) is 0 Å². The summed E-state index contributed by atoms with van der Waals surface area (Å²) in [7, 11) is 0. The molecule has 3 nitrogen and oxygen atoms in total. The molecule has 0 radical (unpaired) electrons. The lowest BCUT2D eigenvalue weighted by atomic mass is 9.81. The first kappa shape index (κ1) is 13.1. The lowest BCUT2D eigenvalue weighted by Crippen LogP contribution is -2.52. The highest BCUT2D eigenvalue weighted by Crippen LogP contribution is 2.44. The van der Waals surface area contributed by atoms with Crippen LogP contribution in [0, 0.1) is 5.92 Å². The van der Waals surface area contributed by atoms with Crippen molar-refractivity contribution in [1.82, 2.24) is 9.80 Å². The highest BCUT2D eigenvalue weighted by atomic mass is 19.1. The van der Waals surface area contributed by atoms with Crippen LogP contribution >= 0.6 is 0 Å². The van der Waals surface area contributed by atoms with Crippen LogP contribution in [0.2, 0.25) is 0 Å². The van der Waals surface area contributed by atoms with Crippen molar-refractivity contribution < 1.29 is 9.18 Å². The number of alkyl halides is 1. The number of rotatable bonds is 3. The van der Waals surface area contributed by atoms with Gasteiger partial charge in [-0.2, -0.15) is 0 Å². The standard InChI is InChI=1S/C16H25FN2O/c17-16(6-1-7-16)14(20)18-10-8-15(12-18)5-2-9-19(15)11-13-3-4-13/h13H,1-12H2. The van der Waals surface area contributed by atoms with Crippen LogP contribution < -0.4 is 0 Å². The first-order valence-electron chi connectivity index (χ1n) is 8.35. The van der Waals surface area contributed by atoms with E-state index >= 15 is 0 Å². The van der Waals surface area contributed by atoms with Crippen LogP contribution in [0.25, 0.3) is 0 Å². The minimum Gasteiger partial charge on any atom is -0.338 e. The molecule has 4 fully saturated rings. The maximum atomic E-state index is 14.3. The summed E-state index contributed by atoms with van der Waals surface area (Å²) in [5, 5.41) is 0. The van der Waals surface area contributed by atoms with Gasteiger partial charge in [-0.1, -0.05) is 0 Å². The number of carbonyl (C=O) groups is 1. The molecule has 0 aromatic rings. The summed E-state index contributed by atoms with van der Waals surface area (Å²) >= 11 is 0. The van der Waals surface area contributed by atoms with E-state index in [1.165, 1.54) is 38.8 Å². The fraction of sp³-hybridized carbons (Fsp3) is 0.938. The first-order chi connectivity index (χ1) is 9.61. The molecule has 1 amide bonds. The van der Waals surface area contributed by atoms with Crippen molar-refractivity contribution in [2.45, 2.75) is 62.6 Å². The molecule has 1 spiro atoms. The minimum atomic E-state index is -1.51. The van der Waals surface area contributed by atoms with Gasteiger partial charge in [0.2, 0.25) is 0 Å². The van der Waals surface area contributed by atoms with Crippen LogP contribution in [0.4, 0.5) is 4.39 Å². The smallest absolute Gasteiger partial charge is 0.260 e. The predicted octanol–water partition coefficient (Wildman–Crippen LogP) is 2.36. The number of nitrogens with zero attached hydrogens (tertiary/aromatic N) is 2. The van der Waals surface area contributed by atoms with Gasteiger partial charge in [-0.05, 0) is 63.8 Å². The topological polar surface area (TPSA) is 23.6 Å². The third-order valence-electron chi connectivity index (χ3n) is 6.07. The second kappa shape index (κ2) is 4.43. The van der Waals surface area contributed by atoms with Crippen LogP contribution in [0.1, 0.15) is 51.4 Å². The van der Waals surface area contributed by atoms with Gasteiger partial charge in [0.1, 0.15) is 0 Å². The number of likely N-dealkylation sites (tertiary alicyclic amines) is 2. The molecule has 0 aromatic carbocycles. The van der Waals surface area contributed by atoms with E-state index in [1.807, 2.05) is 4.90 Å². The highest BCUT2D eigenvalue weighted by Gasteiger charge is 2.53.